The number of aliphatic imine (C=N–C) groups is 1. The lowest BCUT2D eigenvalue weighted by atomic mass is 9.73. The van der Waals surface area contributed by atoms with E-state index in [1.165, 1.54) is 11.1 Å². The van der Waals surface area contributed by atoms with Crippen molar-refractivity contribution in [3.8, 4) is 0 Å². The molecule has 178 valence electrons. The Morgan fingerprint density at radius 1 is 1.21 bits per heavy atom. The molecule has 3 atom stereocenters. The van der Waals surface area contributed by atoms with E-state index < -0.39 is 0 Å². The van der Waals surface area contributed by atoms with Crippen molar-refractivity contribution in [3.05, 3.63) is 58.0 Å². The third-order valence-corrected chi connectivity index (χ3v) is 8.07. The molecule has 2 fully saturated rings. The maximum atomic E-state index is 12.8. The standard InChI is InChI=1S/C27H33N5O2/c1-17-6-8-20-18(14-17)7-9-22-21(20)15-25(28-22)30-26(33)16-31-12-10-19(11-13-31)32-24-5-3-2-4-23(24)29-27(32)34/h2-5,8,14,17,19,21-22H,6-7,9-13,15-16H2,1H3,(H,29,34)(H,28,30,33). The minimum atomic E-state index is -0.0429. The number of hydrogen-bond acceptors (Lipinski definition) is 4. The van der Waals surface area contributed by atoms with Crippen molar-refractivity contribution < 1.29 is 4.79 Å². The first-order chi connectivity index (χ1) is 16.5. The zero-order chi connectivity index (χ0) is 23.2. The minimum Gasteiger partial charge on any atom is -0.313 e. The number of likely N-dealkylation sites (tertiary alicyclic amines) is 1. The summed E-state index contributed by atoms with van der Waals surface area (Å²) in [7, 11) is 0. The molecule has 1 aromatic carbocycles. The Balaban J connectivity index is 1.03. The highest BCUT2D eigenvalue weighted by Crippen LogP contribution is 2.43. The van der Waals surface area contributed by atoms with E-state index in [1.54, 1.807) is 0 Å². The Hall–Kier alpha value is -2.93. The largest absolute Gasteiger partial charge is 0.326 e. The van der Waals surface area contributed by atoms with Crippen LogP contribution < -0.4 is 11.0 Å². The molecule has 0 spiro atoms. The fraction of sp³-hybridized carbons (Fsp3) is 0.519. The van der Waals surface area contributed by atoms with Gasteiger partial charge in [0.05, 0.1) is 23.6 Å². The normalized spacial score (nSPS) is 27.6. The van der Waals surface area contributed by atoms with E-state index >= 15 is 0 Å². The summed E-state index contributed by atoms with van der Waals surface area (Å²) in [5.41, 5.74) is 4.80. The lowest BCUT2D eigenvalue weighted by Gasteiger charge is -2.32. The molecular weight excluding hydrogens is 426 g/mol. The van der Waals surface area contributed by atoms with Crippen LogP contribution in [0.1, 0.15) is 51.5 Å². The number of carbonyl (C=O) groups excluding carboxylic acids is 1. The molecule has 0 bridgehead atoms. The number of amides is 1. The number of benzene rings is 1. The van der Waals surface area contributed by atoms with E-state index in [0.29, 0.717) is 24.4 Å². The third-order valence-electron chi connectivity index (χ3n) is 8.07. The molecule has 6 rings (SSSR count). The van der Waals surface area contributed by atoms with Crippen molar-refractivity contribution in [2.45, 2.75) is 57.5 Å². The van der Waals surface area contributed by atoms with Gasteiger partial charge in [-0.2, -0.15) is 0 Å². The second-order valence-corrected chi connectivity index (χ2v) is 10.4. The number of fused-ring (bicyclic) bond motifs is 4. The molecule has 34 heavy (non-hydrogen) atoms. The van der Waals surface area contributed by atoms with Crippen LogP contribution in [0.2, 0.25) is 0 Å². The molecule has 3 heterocycles. The van der Waals surface area contributed by atoms with Gasteiger partial charge in [0.1, 0.15) is 5.84 Å². The van der Waals surface area contributed by atoms with Crippen LogP contribution in [0, 0.1) is 11.8 Å². The van der Waals surface area contributed by atoms with Gasteiger partial charge < -0.3 is 10.3 Å². The van der Waals surface area contributed by atoms with Gasteiger partial charge >= 0.3 is 5.69 Å². The molecule has 2 aromatic rings. The number of aromatic nitrogens is 2. The zero-order valence-electron chi connectivity index (χ0n) is 19.8. The maximum absolute atomic E-state index is 12.8. The van der Waals surface area contributed by atoms with E-state index in [9.17, 15) is 9.59 Å². The van der Waals surface area contributed by atoms with Gasteiger partial charge in [0.15, 0.2) is 0 Å². The first-order valence-corrected chi connectivity index (χ1v) is 12.7. The number of nitrogens with zero attached hydrogens (tertiary/aromatic N) is 3. The molecule has 3 unspecified atom stereocenters. The summed E-state index contributed by atoms with van der Waals surface area (Å²) >= 11 is 0. The highest BCUT2D eigenvalue weighted by molar-refractivity contribution is 6.00. The highest BCUT2D eigenvalue weighted by atomic mass is 16.2. The van der Waals surface area contributed by atoms with Gasteiger partial charge in [-0.1, -0.05) is 31.2 Å². The van der Waals surface area contributed by atoms with Crippen molar-refractivity contribution in [1.29, 1.82) is 0 Å². The maximum Gasteiger partial charge on any atom is 0.326 e. The Bertz CT molecular complexity index is 1260. The predicted octanol–water partition coefficient (Wildman–Crippen LogP) is 3.56. The number of carbonyl (C=O) groups is 1. The number of piperidine rings is 1. The van der Waals surface area contributed by atoms with E-state index in [4.69, 9.17) is 4.99 Å². The van der Waals surface area contributed by atoms with Crippen LogP contribution in [0.5, 0.6) is 0 Å². The number of aromatic amines is 1. The van der Waals surface area contributed by atoms with Gasteiger partial charge in [-0.25, -0.2) is 4.79 Å². The summed E-state index contributed by atoms with van der Waals surface area (Å²) in [4.78, 5) is 35.4. The summed E-state index contributed by atoms with van der Waals surface area (Å²) < 4.78 is 1.89. The van der Waals surface area contributed by atoms with Crippen LogP contribution in [0.4, 0.5) is 0 Å². The Morgan fingerprint density at radius 2 is 2.03 bits per heavy atom. The van der Waals surface area contributed by atoms with Gasteiger partial charge in [0.25, 0.3) is 0 Å². The lowest BCUT2D eigenvalue weighted by Crippen LogP contribution is -2.44. The molecule has 7 heteroatoms. The molecule has 2 aliphatic carbocycles. The summed E-state index contributed by atoms with van der Waals surface area (Å²) in [6, 6.07) is 8.33. The average Bonchev–Trinajstić information content (AvgIpc) is 3.39. The Morgan fingerprint density at radius 3 is 2.88 bits per heavy atom. The summed E-state index contributed by atoms with van der Waals surface area (Å²) in [6.07, 6.45) is 10.7. The fourth-order valence-corrected chi connectivity index (χ4v) is 6.40. The van der Waals surface area contributed by atoms with Crippen molar-refractivity contribution in [3.63, 3.8) is 0 Å². The summed E-state index contributed by atoms with van der Waals surface area (Å²) in [5.74, 6) is 1.96. The number of amidine groups is 1. The summed E-state index contributed by atoms with van der Waals surface area (Å²) in [6.45, 7) is 4.28. The van der Waals surface area contributed by atoms with Crippen molar-refractivity contribution in [2.24, 2.45) is 16.8 Å². The van der Waals surface area contributed by atoms with Gasteiger partial charge in [0.2, 0.25) is 5.91 Å². The molecule has 7 nitrogen and oxygen atoms in total. The van der Waals surface area contributed by atoms with Crippen molar-refractivity contribution in [2.75, 3.05) is 19.6 Å². The monoisotopic (exact) mass is 459 g/mol. The van der Waals surface area contributed by atoms with Crippen LogP contribution in [0.25, 0.3) is 11.0 Å². The molecule has 1 aromatic heterocycles. The third kappa shape index (κ3) is 3.96. The van der Waals surface area contributed by atoms with Crippen molar-refractivity contribution in [1.82, 2.24) is 19.8 Å². The average molecular weight is 460 g/mol. The molecular formula is C27H33N5O2. The molecule has 1 amide bonds. The number of H-pyrrole nitrogens is 1. The smallest absolute Gasteiger partial charge is 0.313 e. The summed E-state index contributed by atoms with van der Waals surface area (Å²) in [5, 5.41) is 3.12. The van der Waals surface area contributed by atoms with Gasteiger partial charge in [-0.15, -0.1) is 0 Å². The highest BCUT2D eigenvalue weighted by Gasteiger charge is 2.38. The molecule has 2 aliphatic heterocycles. The molecule has 4 aliphatic rings. The van der Waals surface area contributed by atoms with Crippen LogP contribution in [-0.2, 0) is 4.79 Å². The number of imidazole rings is 1. The van der Waals surface area contributed by atoms with E-state index in [1.807, 2.05) is 28.8 Å². The molecule has 2 N–H and O–H groups in total. The zero-order valence-corrected chi connectivity index (χ0v) is 19.8. The molecule has 1 saturated heterocycles. The lowest BCUT2D eigenvalue weighted by molar-refractivity contribution is -0.121. The Kier molecular flexibility index (Phi) is 5.52. The molecule has 0 radical (unpaired) electrons. The fourth-order valence-electron chi connectivity index (χ4n) is 6.40. The SMILES string of the molecule is CC1C=C2CCC3N=C(NC(=O)CN4CCC(n5c(=O)[nH]c6ccccc65)CC4)CC3C2=CC1. The van der Waals surface area contributed by atoms with E-state index in [2.05, 4.69) is 34.3 Å². The number of para-hydroxylation sites is 2. The number of allylic oxidation sites excluding steroid dienone is 3. The van der Waals surface area contributed by atoms with E-state index in [-0.39, 0.29) is 17.6 Å². The van der Waals surface area contributed by atoms with Gasteiger partial charge in [0, 0.05) is 31.5 Å². The Labute approximate surface area is 199 Å². The quantitative estimate of drug-likeness (QED) is 0.736. The van der Waals surface area contributed by atoms with E-state index in [0.717, 1.165) is 68.5 Å². The van der Waals surface area contributed by atoms with Gasteiger partial charge in [-0.3, -0.25) is 19.3 Å². The number of rotatable bonds is 3. The second kappa shape index (κ2) is 8.69. The van der Waals surface area contributed by atoms with Crippen LogP contribution in [-0.4, -0.2) is 51.9 Å². The number of nitrogens with one attached hydrogen (secondary N) is 2. The topological polar surface area (TPSA) is 82.5 Å². The van der Waals surface area contributed by atoms with Crippen molar-refractivity contribution >= 4 is 22.8 Å². The van der Waals surface area contributed by atoms with Gasteiger partial charge in [-0.05, 0) is 61.3 Å². The van der Waals surface area contributed by atoms with Crippen LogP contribution >= 0.6 is 0 Å². The first kappa shape index (κ1) is 21.6. The number of hydrogen-bond donors (Lipinski definition) is 2. The second-order valence-electron chi connectivity index (χ2n) is 10.4. The predicted molar refractivity (Wildman–Crippen MR) is 134 cm³/mol. The minimum absolute atomic E-state index is 0.0297. The van der Waals surface area contributed by atoms with Crippen LogP contribution in [0.15, 0.2) is 57.4 Å². The van der Waals surface area contributed by atoms with Crippen LogP contribution in [0.3, 0.4) is 0 Å². The molecule has 1 saturated carbocycles. The first-order valence-electron chi connectivity index (χ1n) is 12.7.